The van der Waals surface area contributed by atoms with Crippen molar-refractivity contribution in [1.29, 1.82) is 0 Å². The Hall–Kier alpha value is -1.14. The van der Waals surface area contributed by atoms with Gasteiger partial charge in [-0.25, -0.2) is 0 Å². The van der Waals surface area contributed by atoms with Gasteiger partial charge in [0.25, 0.3) is 0 Å². The maximum Gasteiger partial charge on any atom is 0.321 e. The van der Waals surface area contributed by atoms with Crippen molar-refractivity contribution in [2.45, 2.75) is 38.3 Å². The molecule has 2 fully saturated rings. The Kier molecular flexibility index (Phi) is 4.42. The fraction of sp³-hybridized carbons (Fsp3) is 0.846. The third kappa shape index (κ3) is 3.45. The van der Waals surface area contributed by atoms with Gasteiger partial charge in [-0.05, 0) is 18.8 Å². The van der Waals surface area contributed by atoms with E-state index in [0.29, 0.717) is 5.92 Å². The molecule has 0 saturated carbocycles. The number of carboxylic acids is 1. The molecule has 6 heteroatoms. The summed E-state index contributed by atoms with van der Waals surface area (Å²) in [7, 11) is 0. The topological polar surface area (TPSA) is 81.1 Å². The second-order valence-electron chi connectivity index (χ2n) is 5.76. The van der Waals surface area contributed by atoms with E-state index in [2.05, 4.69) is 6.92 Å². The van der Waals surface area contributed by atoms with E-state index in [1.165, 1.54) is 0 Å². The lowest BCUT2D eigenvalue weighted by molar-refractivity contribution is -0.143. The van der Waals surface area contributed by atoms with Crippen molar-refractivity contribution >= 4 is 11.9 Å². The minimum Gasteiger partial charge on any atom is -0.480 e. The Labute approximate surface area is 113 Å². The summed E-state index contributed by atoms with van der Waals surface area (Å²) < 4.78 is 0. The summed E-state index contributed by atoms with van der Waals surface area (Å²) in [6.07, 6.45) is 1.72. The maximum absolute atomic E-state index is 12.2. The summed E-state index contributed by atoms with van der Waals surface area (Å²) in [6, 6.07) is -0.735. The number of hydrogen-bond donors (Lipinski definition) is 2. The molecule has 3 atom stereocenters. The Morgan fingerprint density at radius 3 is 2.68 bits per heavy atom. The zero-order valence-corrected chi connectivity index (χ0v) is 11.3. The standard InChI is InChI=1S/C13H22N2O4/c1-9-3-2-4-14(6-9)12(17)8-15-7-10(16)5-11(15)13(18)19/h9-11,16H,2-8H2,1H3,(H,18,19). The molecule has 6 nitrogen and oxygen atoms in total. The molecular formula is C13H22N2O4. The highest BCUT2D eigenvalue weighted by Crippen LogP contribution is 2.20. The molecule has 0 aromatic carbocycles. The first kappa shape index (κ1) is 14.3. The van der Waals surface area contributed by atoms with E-state index in [0.717, 1.165) is 25.9 Å². The lowest BCUT2D eigenvalue weighted by Gasteiger charge is -2.32. The van der Waals surface area contributed by atoms with Crippen LogP contribution in [0, 0.1) is 5.92 Å². The van der Waals surface area contributed by atoms with Gasteiger partial charge in [-0.15, -0.1) is 0 Å². The Bertz CT molecular complexity index is 361. The number of aliphatic hydroxyl groups excluding tert-OH is 1. The van der Waals surface area contributed by atoms with Crippen molar-refractivity contribution in [2.75, 3.05) is 26.2 Å². The number of aliphatic hydroxyl groups is 1. The zero-order chi connectivity index (χ0) is 14.0. The highest BCUT2D eigenvalue weighted by molar-refractivity contribution is 5.80. The lowest BCUT2D eigenvalue weighted by atomic mass is 10.0. The van der Waals surface area contributed by atoms with Gasteiger partial charge in [0, 0.05) is 26.1 Å². The van der Waals surface area contributed by atoms with Gasteiger partial charge in [0.1, 0.15) is 6.04 Å². The van der Waals surface area contributed by atoms with Gasteiger partial charge in [-0.3, -0.25) is 14.5 Å². The number of piperidine rings is 1. The highest BCUT2D eigenvalue weighted by atomic mass is 16.4. The van der Waals surface area contributed by atoms with Gasteiger partial charge >= 0.3 is 5.97 Å². The average molecular weight is 270 g/mol. The molecule has 2 N–H and O–H groups in total. The first-order valence-electron chi connectivity index (χ1n) is 6.90. The van der Waals surface area contributed by atoms with Crippen molar-refractivity contribution in [3.8, 4) is 0 Å². The van der Waals surface area contributed by atoms with Crippen LogP contribution in [0.25, 0.3) is 0 Å². The van der Waals surface area contributed by atoms with Gasteiger partial charge in [0.15, 0.2) is 0 Å². The molecule has 3 unspecified atom stereocenters. The van der Waals surface area contributed by atoms with E-state index in [4.69, 9.17) is 5.11 Å². The summed E-state index contributed by atoms with van der Waals surface area (Å²) in [6.45, 7) is 4.01. The average Bonchev–Trinajstić information content (AvgIpc) is 2.70. The predicted octanol–water partition coefficient (Wildman–Crippen LogP) is -0.235. The molecule has 2 aliphatic rings. The molecule has 2 heterocycles. The van der Waals surface area contributed by atoms with Crippen LogP contribution >= 0.6 is 0 Å². The van der Waals surface area contributed by atoms with Gasteiger partial charge in [-0.2, -0.15) is 0 Å². The van der Waals surface area contributed by atoms with E-state index in [1.807, 2.05) is 4.90 Å². The van der Waals surface area contributed by atoms with Crippen molar-refractivity contribution in [3.63, 3.8) is 0 Å². The van der Waals surface area contributed by atoms with Crippen LogP contribution in [0.4, 0.5) is 0 Å². The van der Waals surface area contributed by atoms with E-state index >= 15 is 0 Å². The van der Waals surface area contributed by atoms with E-state index in [1.54, 1.807) is 4.90 Å². The van der Waals surface area contributed by atoms with Crippen molar-refractivity contribution in [1.82, 2.24) is 9.80 Å². The molecule has 0 aromatic heterocycles. The molecule has 0 aliphatic carbocycles. The highest BCUT2D eigenvalue weighted by Gasteiger charge is 2.37. The lowest BCUT2D eigenvalue weighted by Crippen LogP contribution is -2.47. The van der Waals surface area contributed by atoms with Crippen LogP contribution in [-0.2, 0) is 9.59 Å². The van der Waals surface area contributed by atoms with Crippen LogP contribution in [-0.4, -0.2) is 70.2 Å². The van der Waals surface area contributed by atoms with Crippen molar-refractivity contribution < 1.29 is 19.8 Å². The van der Waals surface area contributed by atoms with Crippen LogP contribution in [0.15, 0.2) is 0 Å². The molecule has 2 aliphatic heterocycles. The fourth-order valence-electron chi connectivity index (χ4n) is 3.00. The normalized spacial score (nSPS) is 32.5. The number of rotatable bonds is 3. The van der Waals surface area contributed by atoms with Crippen LogP contribution in [0.3, 0.4) is 0 Å². The first-order chi connectivity index (χ1) is 8.97. The minimum absolute atomic E-state index is 0.0214. The van der Waals surface area contributed by atoms with E-state index < -0.39 is 18.1 Å². The van der Waals surface area contributed by atoms with Crippen LogP contribution in [0.5, 0.6) is 0 Å². The van der Waals surface area contributed by atoms with Gasteiger partial charge in [0.05, 0.1) is 12.6 Å². The van der Waals surface area contributed by atoms with Gasteiger partial charge in [0.2, 0.25) is 5.91 Å². The number of β-amino-alcohol motifs (C(OH)–C–C–N with tert-alkyl or cyclic N) is 1. The second-order valence-corrected chi connectivity index (χ2v) is 5.76. The maximum atomic E-state index is 12.2. The van der Waals surface area contributed by atoms with Crippen molar-refractivity contribution in [3.05, 3.63) is 0 Å². The molecule has 2 rings (SSSR count). The smallest absolute Gasteiger partial charge is 0.321 e. The molecule has 19 heavy (non-hydrogen) atoms. The number of carbonyl (C=O) groups excluding carboxylic acids is 1. The number of likely N-dealkylation sites (tertiary alicyclic amines) is 2. The number of carbonyl (C=O) groups is 2. The Morgan fingerprint density at radius 2 is 2.05 bits per heavy atom. The minimum atomic E-state index is -0.962. The number of hydrogen-bond acceptors (Lipinski definition) is 4. The number of amides is 1. The number of nitrogens with zero attached hydrogens (tertiary/aromatic N) is 2. The summed E-state index contributed by atoms with van der Waals surface area (Å²) in [5.41, 5.74) is 0. The molecule has 1 amide bonds. The van der Waals surface area contributed by atoms with Crippen LogP contribution in [0.2, 0.25) is 0 Å². The van der Waals surface area contributed by atoms with Crippen molar-refractivity contribution in [2.24, 2.45) is 5.92 Å². The molecule has 108 valence electrons. The van der Waals surface area contributed by atoms with Crippen LogP contribution in [0.1, 0.15) is 26.2 Å². The predicted molar refractivity (Wildman–Crippen MR) is 68.6 cm³/mol. The molecule has 0 bridgehead atoms. The quantitative estimate of drug-likeness (QED) is 0.740. The Balaban J connectivity index is 1.92. The van der Waals surface area contributed by atoms with Gasteiger partial charge in [-0.1, -0.05) is 6.92 Å². The largest absolute Gasteiger partial charge is 0.480 e. The molecule has 0 spiro atoms. The Morgan fingerprint density at radius 1 is 1.32 bits per heavy atom. The molecular weight excluding hydrogens is 248 g/mol. The fourth-order valence-corrected chi connectivity index (χ4v) is 3.00. The van der Waals surface area contributed by atoms with Crippen LogP contribution < -0.4 is 0 Å². The van der Waals surface area contributed by atoms with E-state index in [9.17, 15) is 14.7 Å². The summed E-state index contributed by atoms with van der Waals surface area (Å²) in [5, 5.41) is 18.6. The number of carboxylic acid groups (broad SMARTS) is 1. The molecule has 0 radical (unpaired) electrons. The summed E-state index contributed by atoms with van der Waals surface area (Å²) in [4.78, 5) is 26.7. The first-order valence-corrected chi connectivity index (χ1v) is 6.90. The third-order valence-corrected chi connectivity index (χ3v) is 4.01. The molecule has 0 aromatic rings. The monoisotopic (exact) mass is 270 g/mol. The van der Waals surface area contributed by atoms with Gasteiger partial charge < -0.3 is 15.1 Å². The van der Waals surface area contributed by atoms with E-state index in [-0.39, 0.29) is 25.4 Å². The third-order valence-electron chi connectivity index (χ3n) is 4.01. The second kappa shape index (κ2) is 5.88. The summed E-state index contributed by atoms with van der Waals surface area (Å²) in [5.74, 6) is -0.472. The SMILES string of the molecule is CC1CCCN(C(=O)CN2CC(O)CC2C(=O)O)C1. The zero-order valence-electron chi connectivity index (χ0n) is 11.3. The molecule has 2 saturated heterocycles. The number of aliphatic carboxylic acids is 1. The summed E-state index contributed by atoms with van der Waals surface area (Å²) >= 11 is 0.